The monoisotopic (exact) mass is 590 g/mol. The molecule has 2 N–H and O–H groups in total. The topological polar surface area (TPSA) is 134 Å². The van der Waals surface area contributed by atoms with Crippen LogP contribution in [0.4, 0.5) is 16.3 Å². The Bertz CT molecular complexity index is 1510. The fourth-order valence-electron chi connectivity index (χ4n) is 5.52. The molecule has 1 unspecified atom stereocenters. The van der Waals surface area contributed by atoms with Gasteiger partial charge in [-0.05, 0) is 77.5 Å². The molecule has 3 aromatic heterocycles. The van der Waals surface area contributed by atoms with Gasteiger partial charge < -0.3 is 25.2 Å². The minimum absolute atomic E-state index is 0.0329. The molecule has 5 rings (SSSR count). The van der Waals surface area contributed by atoms with Gasteiger partial charge in [0.2, 0.25) is 0 Å². The van der Waals surface area contributed by atoms with Crippen LogP contribution in [-0.4, -0.2) is 74.8 Å². The molecule has 0 bridgehead atoms. The van der Waals surface area contributed by atoms with E-state index in [1.165, 1.54) is 16.9 Å². The third kappa shape index (κ3) is 7.23. The number of aromatic nitrogens is 4. The average molecular weight is 591 g/mol. The molecule has 2 atom stereocenters. The van der Waals surface area contributed by atoms with Crippen molar-refractivity contribution in [1.29, 1.82) is 0 Å². The molecule has 43 heavy (non-hydrogen) atoms. The first-order valence-corrected chi connectivity index (χ1v) is 15.1. The van der Waals surface area contributed by atoms with E-state index >= 15 is 0 Å². The average Bonchev–Trinajstić information content (AvgIpc) is 2.95. The molecule has 0 spiro atoms. The summed E-state index contributed by atoms with van der Waals surface area (Å²) in [4.78, 5) is 47.2. The predicted octanol–water partition coefficient (Wildman–Crippen LogP) is 4.02. The molecule has 2 fully saturated rings. The van der Waals surface area contributed by atoms with Crippen LogP contribution < -0.4 is 21.1 Å². The molecule has 1 saturated carbocycles. The molecule has 2 aliphatic rings. The zero-order valence-corrected chi connectivity index (χ0v) is 25.7. The standard InChI is InChI=1S/C31H42N8O4/c1-20(33-29(41)25-17-28(40)38-15-13-22(32-5)16-27(38)34-25)24-11-12-26(36-35-24)37-14-7-10-23(19-37)39(18-21-8-6-9-21)30(42)43-31(2,3)4/h11-13,15-17,20-21,23,32H,6-10,14,18-19H2,1-5H3,(H,33,41)/t20?,23-/m1/s1. The van der Waals surface area contributed by atoms with Gasteiger partial charge in [-0.2, -0.15) is 5.10 Å². The summed E-state index contributed by atoms with van der Waals surface area (Å²) in [6, 6.07) is 8.01. The third-order valence-electron chi connectivity index (χ3n) is 8.12. The number of ether oxygens (including phenoxy) is 1. The van der Waals surface area contributed by atoms with E-state index in [1.807, 2.05) is 44.7 Å². The summed E-state index contributed by atoms with van der Waals surface area (Å²) in [7, 11) is 1.77. The van der Waals surface area contributed by atoms with Gasteiger partial charge in [0.1, 0.15) is 16.9 Å². The van der Waals surface area contributed by atoms with Crippen LogP contribution >= 0.6 is 0 Å². The van der Waals surface area contributed by atoms with Crippen molar-refractivity contribution >= 4 is 29.2 Å². The van der Waals surface area contributed by atoms with Gasteiger partial charge in [0.25, 0.3) is 11.5 Å². The number of pyridine rings is 1. The summed E-state index contributed by atoms with van der Waals surface area (Å²) in [6.45, 7) is 9.72. The van der Waals surface area contributed by atoms with E-state index in [-0.39, 0.29) is 23.4 Å². The lowest BCUT2D eigenvalue weighted by Crippen LogP contribution is -2.53. The lowest BCUT2D eigenvalue weighted by molar-refractivity contribution is 0.00732. The quantitative estimate of drug-likeness (QED) is 0.399. The molecule has 1 aliphatic heterocycles. The number of carbonyl (C=O) groups is 2. The lowest BCUT2D eigenvalue weighted by Gasteiger charge is -2.42. The van der Waals surface area contributed by atoms with Gasteiger partial charge in [-0.3, -0.25) is 14.0 Å². The van der Waals surface area contributed by atoms with E-state index in [0.29, 0.717) is 23.8 Å². The number of amides is 2. The first-order valence-electron chi connectivity index (χ1n) is 15.1. The fourth-order valence-corrected chi connectivity index (χ4v) is 5.52. The van der Waals surface area contributed by atoms with Gasteiger partial charge in [0.05, 0.1) is 17.8 Å². The molecule has 3 aromatic rings. The van der Waals surface area contributed by atoms with Crippen molar-refractivity contribution in [3.63, 3.8) is 0 Å². The van der Waals surface area contributed by atoms with Crippen LogP contribution in [0, 0.1) is 5.92 Å². The molecule has 12 heteroatoms. The van der Waals surface area contributed by atoms with Gasteiger partial charge >= 0.3 is 6.09 Å². The zero-order valence-electron chi connectivity index (χ0n) is 25.7. The molecule has 230 valence electrons. The molecular formula is C31H42N8O4. The van der Waals surface area contributed by atoms with Crippen molar-refractivity contribution in [2.45, 2.75) is 77.5 Å². The first-order chi connectivity index (χ1) is 20.5. The van der Waals surface area contributed by atoms with Crippen molar-refractivity contribution in [2.24, 2.45) is 5.92 Å². The minimum atomic E-state index is -0.548. The van der Waals surface area contributed by atoms with Crippen LogP contribution in [-0.2, 0) is 4.74 Å². The predicted molar refractivity (Wildman–Crippen MR) is 164 cm³/mol. The van der Waals surface area contributed by atoms with E-state index in [0.717, 1.165) is 50.3 Å². The largest absolute Gasteiger partial charge is 0.444 e. The number of fused-ring (bicyclic) bond motifs is 1. The number of rotatable bonds is 8. The molecule has 1 saturated heterocycles. The molecular weight excluding hydrogens is 548 g/mol. The Hall–Kier alpha value is -4.22. The van der Waals surface area contributed by atoms with Crippen molar-refractivity contribution in [1.82, 2.24) is 29.8 Å². The van der Waals surface area contributed by atoms with E-state index in [2.05, 4.69) is 30.7 Å². The Labute approximate surface area is 251 Å². The number of hydrogen-bond donors (Lipinski definition) is 2. The van der Waals surface area contributed by atoms with Gasteiger partial charge in [0, 0.05) is 50.7 Å². The van der Waals surface area contributed by atoms with Gasteiger partial charge in [-0.25, -0.2) is 9.78 Å². The summed E-state index contributed by atoms with van der Waals surface area (Å²) >= 11 is 0. The number of nitrogens with zero attached hydrogens (tertiary/aromatic N) is 6. The fraction of sp³-hybridized carbons (Fsp3) is 0.548. The Morgan fingerprint density at radius 2 is 1.91 bits per heavy atom. The molecule has 4 heterocycles. The third-order valence-corrected chi connectivity index (χ3v) is 8.12. The van der Waals surface area contributed by atoms with Crippen LogP contribution in [0.2, 0.25) is 0 Å². The van der Waals surface area contributed by atoms with Crippen LogP contribution in [0.15, 0.2) is 41.3 Å². The first kappa shape index (κ1) is 30.2. The van der Waals surface area contributed by atoms with Crippen molar-refractivity contribution in [3.8, 4) is 0 Å². The summed E-state index contributed by atoms with van der Waals surface area (Å²) in [5.41, 5.74) is 0.884. The summed E-state index contributed by atoms with van der Waals surface area (Å²) < 4.78 is 7.17. The molecule has 2 amide bonds. The zero-order chi connectivity index (χ0) is 30.7. The summed E-state index contributed by atoms with van der Waals surface area (Å²) in [5, 5.41) is 14.8. The second kappa shape index (κ2) is 12.6. The number of anilines is 2. The van der Waals surface area contributed by atoms with Gasteiger partial charge in [0.15, 0.2) is 5.82 Å². The van der Waals surface area contributed by atoms with Crippen molar-refractivity contribution in [2.75, 3.05) is 36.9 Å². The van der Waals surface area contributed by atoms with Crippen molar-refractivity contribution in [3.05, 3.63) is 58.3 Å². The lowest BCUT2D eigenvalue weighted by atomic mass is 9.84. The maximum absolute atomic E-state index is 13.2. The normalized spacial score (nSPS) is 18.1. The Morgan fingerprint density at radius 1 is 1.12 bits per heavy atom. The van der Waals surface area contributed by atoms with Gasteiger partial charge in [-0.15, -0.1) is 5.10 Å². The van der Waals surface area contributed by atoms with Crippen LogP contribution in [0.3, 0.4) is 0 Å². The Balaban J connectivity index is 1.24. The highest BCUT2D eigenvalue weighted by molar-refractivity contribution is 5.93. The summed E-state index contributed by atoms with van der Waals surface area (Å²) in [5.74, 6) is 0.790. The van der Waals surface area contributed by atoms with Crippen LogP contribution in [0.25, 0.3) is 5.65 Å². The van der Waals surface area contributed by atoms with Crippen LogP contribution in [0.5, 0.6) is 0 Å². The van der Waals surface area contributed by atoms with Crippen molar-refractivity contribution < 1.29 is 14.3 Å². The highest BCUT2D eigenvalue weighted by Crippen LogP contribution is 2.30. The molecule has 0 radical (unpaired) electrons. The smallest absolute Gasteiger partial charge is 0.410 e. The maximum atomic E-state index is 13.2. The van der Waals surface area contributed by atoms with Gasteiger partial charge in [-0.1, -0.05) is 6.42 Å². The highest BCUT2D eigenvalue weighted by Gasteiger charge is 2.35. The second-order valence-electron chi connectivity index (χ2n) is 12.6. The molecule has 1 aliphatic carbocycles. The van der Waals surface area contributed by atoms with E-state index in [4.69, 9.17) is 4.74 Å². The minimum Gasteiger partial charge on any atom is -0.444 e. The second-order valence-corrected chi connectivity index (χ2v) is 12.6. The van der Waals surface area contributed by atoms with E-state index in [9.17, 15) is 14.4 Å². The number of piperidine rings is 1. The SMILES string of the molecule is CNc1ccn2c(=O)cc(C(=O)NC(C)c3ccc(N4CCC[C@@H](N(CC5CCC5)C(=O)OC(C)(C)C)C4)nn3)nc2c1. The number of carbonyl (C=O) groups excluding carboxylic acids is 2. The van der Waals surface area contributed by atoms with E-state index in [1.54, 1.807) is 25.4 Å². The maximum Gasteiger partial charge on any atom is 0.410 e. The number of nitrogens with one attached hydrogen (secondary N) is 2. The number of hydrogen-bond acceptors (Lipinski definition) is 9. The van der Waals surface area contributed by atoms with E-state index < -0.39 is 17.6 Å². The Morgan fingerprint density at radius 3 is 2.56 bits per heavy atom. The van der Waals surface area contributed by atoms with Crippen LogP contribution in [0.1, 0.15) is 82.0 Å². The molecule has 12 nitrogen and oxygen atoms in total. The highest BCUT2D eigenvalue weighted by atomic mass is 16.6. The Kier molecular flexibility index (Phi) is 8.84. The summed E-state index contributed by atoms with van der Waals surface area (Å²) in [6.07, 6.45) is 6.75. The molecule has 0 aromatic carbocycles.